The van der Waals surface area contributed by atoms with Gasteiger partial charge in [-0.25, -0.2) is 4.39 Å². The molecular formula is C23H27ClFN3. The number of nitrogens with one attached hydrogen (secondary N) is 1. The number of aromatic nitrogens is 1. The Balaban J connectivity index is 1.53. The Hall–Kier alpha value is -1.88. The maximum atomic E-state index is 14.3. The quantitative estimate of drug-likeness (QED) is 0.599. The molecule has 1 fully saturated rings. The highest BCUT2D eigenvalue weighted by Gasteiger charge is 2.22. The van der Waals surface area contributed by atoms with Crippen LogP contribution in [0, 0.1) is 5.82 Å². The van der Waals surface area contributed by atoms with Crippen LogP contribution >= 0.6 is 11.6 Å². The number of nitrogens with zero attached hydrogens (tertiary/aromatic N) is 2. The van der Waals surface area contributed by atoms with Gasteiger partial charge in [0, 0.05) is 46.8 Å². The Kier molecular flexibility index (Phi) is 6.00. The molecule has 3 nitrogen and oxygen atoms in total. The third-order valence-corrected chi connectivity index (χ3v) is 6.22. The topological polar surface area (TPSA) is 20.2 Å². The summed E-state index contributed by atoms with van der Waals surface area (Å²) < 4.78 is 16.4. The molecule has 1 saturated heterocycles. The average molecular weight is 400 g/mol. The van der Waals surface area contributed by atoms with E-state index in [1.54, 1.807) is 12.1 Å². The summed E-state index contributed by atoms with van der Waals surface area (Å²) in [7, 11) is 0. The predicted octanol–water partition coefficient (Wildman–Crippen LogP) is 5.06. The molecule has 148 valence electrons. The molecular weight excluding hydrogens is 373 g/mol. The van der Waals surface area contributed by atoms with Crippen molar-refractivity contribution in [1.29, 1.82) is 0 Å². The van der Waals surface area contributed by atoms with E-state index in [0.717, 1.165) is 25.2 Å². The van der Waals surface area contributed by atoms with Crippen LogP contribution in [-0.2, 0) is 13.1 Å². The summed E-state index contributed by atoms with van der Waals surface area (Å²) in [5.74, 6) is -0.258. The van der Waals surface area contributed by atoms with Crippen LogP contribution in [-0.4, -0.2) is 35.1 Å². The van der Waals surface area contributed by atoms with E-state index in [9.17, 15) is 4.39 Å². The first kappa shape index (κ1) is 19.4. The van der Waals surface area contributed by atoms with Gasteiger partial charge in [-0.1, -0.05) is 42.8 Å². The number of hydrogen-bond donors (Lipinski definition) is 1. The van der Waals surface area contributed by atoms with Crippen LogP contribution in [0.25, 0.3) is 10.9 Å². The van der Waals surface area contributed by atoms with Gasteiger partial charge >= 0.3 is 0 Å². The maximum Gasteiger partial charge on any atom is 0.129 e. The summed E-state index contributed by atoms with van der Waals surface area (Å²) in [6.07, 6.45) is 4.70. The number of fused-ring (bicyclic) bond motifs is 1. The number of likely N-dealkylation sites (tertiary alicyclic amines) is 1. The lowest BCUT2D eigenvalue weighted by Gasteiger charge is -2.22. The van der Waals surface area contributed by atoms with E-state index in [4.69, 9.17) is 11.6 Å². The Bertz CT molecular complexity index is 932. The van der Waals surface area contributed by atoms with Gasteiger partial charge in [0.25, 0.3) is 0 Å². The van der Waals surface area contributed by atoms with Crippen molar-refractivity contribution in [2.75, 3.05) is 19.6 Å². The number of benzene rings is 2. The monoisotopic (exact) mass is 399 g/mol. The summed E-state index contributed by atoms with van der Waals surface area (Å²) in [6.45, 7) is 6.82. The number of likely N-dealkylation sites (N-methyl/N-ethyl adjacent to an activating group) is 1. The van der Waals surface area contributed by atoms with E-state index in [1.807, 2.05) is 6.07 Å². The standard InChI is InChI=1S/C23H27ClFN3/c1-2-27-12-6-7-18(27)14-26-13-17-15-28(23-11-4-3-8-19(17)23)16-20-21(24)9-5-10-22(20)25/h3-5,8-11,15,18,26H,2,6-7,12-14,16H2,1H3/t18-/m0/s1. The zero-order valence-corrected chi connectivity index (χ0v) is 17.1. The summed E-state index contributed by atoms with van der Waals surface area (Å²) in [5.41, 5.74) is 2.88. The molecule has 1 aliphatic rings. The van der Waals surface area contributed by atoms with Crippen molar-refractivity contribution in [3.8, 4) is 0 Å². The van der Waals surface area contributed by atoms with E-state index < -0.39 is 0 Å². The number of rotatable bonds is 7. The molecule has 5 heteroatoms. The van der Waals surface area contributed by atoms with E-state index >= 15 is 0 Å². The number of halogens is 2. The normalized spacial score (nSPS) is 17.6. The molecule has 0 radical (unpaired) electrons. The Labute approximate surface area is 171 Å². The average Bonchev–Trinajstić information content (AvgIpc) is 3.30. The molecule has 0 aliphatic carbocycles. The van der Waals surface area contributed by atoms with Crippen molar-refractivity contribution >= 4 is 22.5 Å². The summed E-state index contributed by atoms with van der Waals surface area (Å²) in [6, 6.07) is 13.8. The minimum atomic E-state index is -0.258. The van der Waals surface area contributed by atoms with Gasteiger partial charge in [0.05, 0.1) is 6.54 Å². The first-order chi connectivity index (χ1) is 13.7. The van der Waals surface area contributed by atoms with E-state index in [1.165, 1.54) is 36.4 Å². The molecule has 1 N–H and O–H groups in total. The van der Waals surface area contributed by atoms with Crippen molar-refractivity contribution in [3.63, 3.8) is 0 Å². The second kappa shape index (κ2) is 8.64. The molecule has 0 amide bonds. The van der Waals surface area contributed by atoms with Gasteiger partial charge in [0.15, 0.2) is 0 Å². The van der Waals surface area contributed by atoms with Gasteiger partial charge in [0.1, 0.15) is 5.82 Å². The summed E-state index contributed by atoms with van der Waals surface area (Å²) in [5, 5.41) is 5.33. The smallest absolute Gasteiger partial charge is 0.129 e. The highest BCUT2D eigenvalue weighted by Crippen LogP contribution is 2.26. The lowest BCUT2D eigenvalue weighted by Crippen LogP contribution is -2.37. The molecule has 0 bridgehead atoms. The van der Waals surface area contributed by atoms with E-state index in [0.29, 0.717) is 23.2 Å². The Morgan fingerprint density at radius 3 is 2.86 bits per heavy atom. The fraction of sp³-hybridized carbons (Fsp3) is 0.391. The van der Waals surface area contributed by atoms with Crippen LogP contribution < -0.4 is 5.32 Å². The fourth-order valence-corrected chi connectivity index (χ4v) is 4.59. The van der Waals surface area contributed by atoms with Crippen molar-refractivity contribution in [1.82, 2.24) is 14.8 Å². The largest absolute Gasteiger partial charge is 0.343 e. The van der Waals surface area contributed by atoms with Gasteiger partial charge in [0.2, 0.25) is 0 Å². The van der Waals surface area contributed by atoms with E-state index in [2.05, 4.69) is 46.1 Å². The van der Waals surface area contributed by atoms with Gasteiger partial charge in [-0.3, -0.25) is 4.90 Å². The molecule has 1 aromatic heterocycles. The molecule has 1 atom stereocenters. The fourth-order valence-electron chi connectivity index (χ4n) is 4.36. The first-order valence-corrected chi connectivity index (χ1v) is 10.5. The SMILES string of the molecule is CCN1CCC[C@H]1CNCc1cn(Cc2c(F)cccc2Cl)c2ccccc12. The van der Waals surface area contributed by atoms with Gasteiger partial charge in [-0.15, -0.1) is 0 Å². The highest BCUT2D eigenvalue weighted by molar-refractivity contribution is 6.31. The zero-order valence-electron chi connectivity index (χ0n) is 16.3. The summed E-state index contributed by atoms with van der Waals surface area (Å²) in [4.78, 5) is 2.55. The lowest BCUT2D eigenvalue weighted by atomic mass is 10.1. The minimum absolute atomic E-state index is 0.258. The molecule has 2 aromatic carbocycles. The molecule has 4 rings (SSSR count). The van der Waals surface area contributed by atoms with Crippen LogP contribution in [0.3, 0.4) is 0 Å². The third kappa shape index (κ3) is 3.95. The zero-order chi connectivity index (χ0) is 19.5. The first-order valence-electron chi connectivity index (χ1n) is 10.1. The highest BCUT2D eigenvalue weighted by atomic mass is 35.5. The molecule has 0 saturated carbocycles. The molecule has 0 unspecified atom stereocenters. The van der Waals surface area contributed by atoms with Gasteiger partial charge < -0.3 is 9.88 Å². The minimum Gasteiger partial charge on any atom is -0.343 e. The van der Waals surface area contributed by atoms with E-state index in [-0.39, 0.29) is 5.82 Å². The van der Waals surface area contributed by atoms with Gasteiger partial charge in [-0.05, 0) is 49.7 Å². The lowest BCUT2D eigenvalue weighted by molar-refractivity contribution is 0.260. The maximum absolute atomic E-state index is 14.3. The second-order valence-corrected chi connectivity index (χ2v) is 7.96. The van der Waals surface area contributed by atoms with Crippen LogP contribution in [0.15, 0.2) is 48.7 Å². The molecule has 1 aliphatic heterocycles. The van der Waals surface area contributed by atoms with Crippen LogP contribution in [0.5, 0.6) is 0 Å². The van der Waals surface area contributed by atoms with Crippen molar-refractivity contribution in [3.05, 3.63) is 70.6 Å². The Morgan fingerprint density at radius 2 is 2.04 bits per heavy atom. The third-order valence-electron chi connectivity index (χ3n) is 5.86. The number of hydrogen-bond acceptors (Lipinski definition) is 2. The van der Waals surface area contributed by atoms with Gasteiger partial charge in [-0.2, -0.15) is 0 Å². The predicted molar refractivity (Wildman–Crippen MR) is 114 cm³/mol. The summed E-state index contributed by atoms with van der Waals surface area (Å²) >= 11 is 6.25. The molecule has 28 heavy (non-hydrogen) atoms. The van der Waals surface area contributed by atoms with Crippen LogP contribution in [0.1, 0.15) is 30.9 Å². The molecule has 2 heterocycles. The Morgan fingerprint density at radius 1 is 1.18 bits per heavy atom. The van der Waals surface area contributed by atoms with Crippen LogP contribution in [0.4, 0.5) is 4.39 Å². The van der Waals surface area contributed by atoms with Crippen molar-refractivity contribution < 1.29 is 4.39 Å². The number of para-hydroxylation sites is 1. The second-order valence-electron chi connectivity index (χ2n) is 7.56. The molecule has 0 spiro atoms. The van der Waals surface area contributed by atoms with Crippen molar-refractivity contribution in [2.24, 2.45) is 0 Å². The van der Waals surface area contributed by atoms with Crippen molar-refractivity contribution in [2.45, 2.75) is 38.9 Å². The molecule has 3 aromatic rings. The van der Waals surface area contributed by atoms with Crippen LogP contribution in [0.2, 0.25) is 5.02 Å².